The Balaban J connectivity index is 1.91. The van der Waals surface area contributed by atoms with Gasteiger partial charge in [0.2, 0.25) is 0 Å². The average Bonchev–Trinajstić information content (AvgIpc) is 2.46. The second kappa shape index (κ2) is 7.47. The van der Waals surface area contributed by atoms with Crippen LogP contribution >= 0.6 is 11.8 Å². The highest BCUT2D eigenvalue weighted by atomic mass is 32.2. The Labute approximate surface area is 139 Å². The fourth-order valence-electron chi connectivity index (χ4n) is 2.86. The van der Waals surface area contributed by atoms with Gasteiger partial charge >= 0.3 is 6.18 Å². The Morgan fingerprint density at radius 3 is 2.65 bits per heavy atom. The summed E-state index contributed by atoms with van der Waals surface area (Å²) in [6, 6.07) is 5.68. The topological polar surface area (TPSA) is 20.2 Å². The van der Waals surface area contributed by atoms with E-state index >= 15 is 0 Å². The SMILES string of the molecule is C=C(C)C1=C(O)CC(CCSc2ccccc2C(F)(F)F)CC1. The van der Waals surface area contributed by atoms with Gasteiger partial charge in [0.25, 0.3) is 0 Å². The fraction of sp³-hybridized carbons (Fsp3) is 0.444. The van der Waals surface area contributed by atoms with E-state index in [0.717, 1.165) is 36.5 Å². The predicted molar refractivity (Wildman–Crippen MR) is 88.6 cm³/mol. The number of halogens is 3. The van der Waals surface area contributed by atoms with E-state index in [2.05, 4.69) is 6.58 Å². The monoisotopic (exact) mass is 342 g/mol. The van der Waals surface area contributed by atoms with Crippen molar-refractivity contribution in [3.05, 3.63) is 53.3 Å². The van der Waals surface area contributed by atoms with Crippen LogP contribution in [0.3, 0.4) is 0 Å². The Kier molecular flexibility index (Phi) is 5.84. The summed E-state index contributed by atoms with van der Waals surface area (Å²) >= 11 is 1.24. The molecule has 126 valence electrons. The highest BCUT2D eigenvalue weighted by molar-refractivity contribution is 7.99. The molecule has 1 nitrogen and oxygen atoms in total. The van der Waals surface area contributed by atoms with E-state index in [1.165, 1.54) is 23.9 Å². The van der Waals surface area contributed by atoms with E-state index < -0.39 is 11.7 Å². The molecule has 0 spiro atoms. The highest BCUT2D eigenvalue weighted by Crippen LogP contribution is 2.38. The van der Waals surface area contributed by atoms with Gasteiger partial charge in [-0.05, 0) is 55.6 Å². The van der Waals surface area contributed by atoms with Crippen molar-refractivity contribution in [3.63, 3.8) is 0 Å². The molecule has 1 atom stereocenters. The third kappa shape index (κ3) is 4.80. The molecule has 1 N–H and O–H groups in total. The maximum absolute atomic E-state index is 12.9. The molecule has 2 rings (SSSR count). The summed E-state index contributed by atoms with van der Waals surface area (Å²) in [6.45, 7) is 5.74. The zero-order chi connectivity index (χ0) is 17.0. The molecule has 23 heavy (non-hydrogen) atoms. The van der Waals surface area contributed by atoms with Gasteiger partial charge in [-0.25, -0.2) is 0 Å². The highest BCUT2D eigenvalue weighted by Gasteiger charge is 2.33. The first-order valence-corrected chi connectivity index (χ1v) is 8.63. The van der Waals surface area contributed by atoms with Gasteiger partial charge in [0.05, 0.1) is 11.3 Å². The lowest BCUT2D eigenvalue weighted by Crippen LogP contribution is -2.12. The number of rotatable bonds is 5. The third-order valence-corrected chi connectivity index (χ3v) is 5.23. The summed E-state index contributed by atoms with van der Waals surface area (Å²) < 4.78 is 38.8. The van der Waals surface area contributed by atoms with Crippen LogP contribution in [0.5, 0.6) is 0 Å². The van der Waals surface area contributed by atoms with Crippen LogP contribution in [-0.2, 0) is 6.18 Å². The van der Waals surface area contributed by atoms with Gasteiger partial charge in [0.15, 0.2) is 0 Å². The standard InChI is InChI=1S/C18H21F3OS/c1-12(2)14-8-7-13(11-16(14)22)9-10-23-17-6-4-3-5-15(17)18(19,20)21/h3-6,13,22H,1,7-11H2,2H3. The van der Waals surface area contributed by atoms with E-state index in [1.54, 1.807) is 6.07 Å². The molecule has 5 heteroatoms. The number of benzene rings is 1. The van der Waals surface area contributed by atoms with Crippen molar-refractivity contribution in [1.29, 1.82) is 0 Å². The molecule has 1 aliphatic rings. The van der Waals surface area contributed by atoms with Gasteiger partial charge in [-0.3, -0.25) is 0 Å². The van der Waals surface area contributed by atoms with Gasteiger partial charge < -0.3 is 5.11 Å². The molecule has 1 aromatic rings. The molecule has 0 heterocycles. The van der Waals surface area contributed by atoms with Gasteiger partial charge in [-0.2, -0.15) is 13.2 Å². The van der Waals surface area contributed by atoms with Gasteiger partial charge in [0.1, 0.15) is 0 Å². The van der Waals surface area contributed by atoms with Crippen LogP contribution in [0.25, 0.3) is 0 Å². The van der Waals surface area contributed by atoms with Gasteiger partial charge in [0, 0.05) is 11.3 Å². The molecule has 0 bridgehead atoms. The molecule has 0 saturated heterocycles. The Hall–Kier alpha value is -1.36. The van der Waals surface area contributed by atoms with E-state index in [-0.39, 0.29) is 4.90 Å². The molecule has 0 saturated carbocycles. The van der Waals surface area contributed by atoms with Gasteiger partial charge in [-0.1, -0.05) is 24.3 Å². The van der Waals surface area contributed by atoms with Crippen molar-refractivity contribution in [2.45, 2.75) is 43.7 Å². The lowest BCUT2D eigenvalue weighted by molar-refractivity contribution is -0.139. The van der Waals surface area contributed by atoms with E-state index in [4.69, 9.17) is 0 Å². The van der Waals surface area contributed by atoms with Crippen LogP contribution < -0.4 is 0 Å². The molecule has 0 aliphatic heterocycles. The Morgan fingerprint density at radius 1 is 1.35 bits per heavy atom. The lowest BCUT2D eigenvalue weighted by Gasteiger charge is -2.24. The van der Waals surface area contributed by atoms with Crippen molar-refractivity contribution in [1.82, 2.24) is 0 Å². The maximum Gasteiger partial charge on any atom is 0.417 e. The van der Waals surface area contributed by atoms with Crippen LogP contribution in [0.4, 0.5) is 13.2 Å². The van der Waals surface area contributed by atoms with Crippen LogP contribution in [0, 0.1) is 5.92 Å². The second-order valence-corrected chi connectivity index (χ2v) is 7.08. The zero-order valence-electron chi connectivity index (χ0n) is 13.1. The van der Waals surface area contributed by atoms with Crippen molar-refractivity contribution in [2.75, 3.05) is 5.75 Å². The second-order valence-electron chi connectivity index (χ2n) is 5.95. The Morgan fingerprint density at radius 2 is 2.04 bits per heavy atom. The zero-order valence-corrected chi connectivity index (χ0v) is 13.9. The van der Waals surface area contributed by atoms with Gasteiger partial charge in [-0.15, -0.1) is 11.8 Å². The number of hydrogen-bond acceptors (Lipinski definition) is 2. The molecule has 1 unspecified atom stereocenters. The summed E-state index contributed by atoms with van der Waals surface area (Å²) in [5.41, 5.74) is 1.27. The maximum atomic E-state index is 12.9. The van der Waals surface area contributed by atoms with Crippen molar-refractivity contribution in [3.8, 4) is 0 Å². The van der Waals surface area contributed by atoms with Crippen molar-refractivity contribution >= 4 is 11.8 Å². The van der Waals surface area contributed by atoms with Crippen LogP contribution in [0.1, 0.15) is 38.2 Å². The molecular weight excluding hydrogens is 321 g/mol. The van der Waals surface area contributed by atoms with Crippen molar-refractivity contribution in [2.24, 2.45) is 5.92 Å². The fourth-order valence-corrected chi connectivity index (χ4v) is 4.04. The van der Waals surface area contributed by atoms with E-state index in [1.807, 2.05) is 6.92 Å². The number of thioether (sulfide) groups is 1. The first-order chi connectivity index (χ1) is 10.8. The number of allylic oxidation sites excluding steroid dienone is 3. The molecule has 0 fully saturated rings. The molecule has 0 aromatic heterocycles. The molecule has 1 aliphatic carbocycles. The number of aliphatic hydroxyl groups is 1. The number of aliphatic hydroxyl groups excluding tert-OH is 1. The summed E-state index contributed by atoms with van der Waals surface area (Å²) in [5, 5.41) is 10.0. The smallest absolute Gasteiger partial charge is 0.417 e. The van der Waals surface area contributed by atoms with E-state index in [9.17, 15) is 18.3 Å². The van der Waals surface area contributed by atoms with Crippen LogP contribution in [0.2, 0.25) is 0 Å². The average molecular weight is 342 g/mol. The summed E-state index contributed by atoms with van der Waals surface area (Å²) in [7, 11) is 0. The van der Waals surface area contributed by atoms with E-state index in [0.29, 0.717) is 23.9 Å². The summed E-state index contributed by atoms with van der Waals surface area (Å²) in [5.74, 6) is 1.34. The molecule has 1 aromatic carbocycles. The molecule has 0 amide bonds. The summed E-state index contributed by atoms with van der Waals surface area (Å²) in [4.78, 5) is 0.276. The largest absolute Gasteiger partial charge is 0.512 e. The third-order valence-electron chi connectivity index (χ3n) is 4.12. The minimum atomic E-state index is -4.31. The summed E-state index contributed by atoms with van der Waals surface area (Å²) in [6.07, 6.45) is -1.16. The number of hydrogen-bond donors (Lipinski definition) is 1. The van der Waals surface area contributed by atoms with Crippen molar-refractivity contribution < 1.29 is 18.3 Å². The Bertz CT molecular complexity index is 605. The first-order valence-electron chi connectivity index (χ1n) is 7.65. The van der Waals surface area contributed by atoms with Crippen LogP contribution in [0.15, 0.2) is 52.6 Å². The minimum absolute atomic E-state index is 0.276. The molecule has 0 radical (unpaired) electrons. The minimum Gasteiger partial charge on any atom is -0.512 e. The first kappa shape index (κ1) is 18.0. The quantitative estimate of drug-likeness (QED) is 0.627. The number of alkyl halides is 3. The molecular formula is C18H21F3OS. The van der Waals surface area contributed by atoms with Crippen LogP contribution in [-0.4, -0.2) is 10.9 Å². The predicted octanol–water partition coefficient (Wildman–Crippen LogP) is 6.38. The lowest BCUT2D eigenvalue weighted by atomic mass is 9.84. The normalized spacial score (nSPS) is 19.0.